The summed E-state index contributed by atoms with van der Waals surface area (Å²) in [6.45, 7) is 3.56. The number of rotatable bonds is 2. The molecule has 1 rings (SSSR count). The van der Waals surface area contributed by atoms with Crippen LogP contribution in [0.15, 0.2) is 12.7 Å². The molecule has 14 heavy (non-hydrogen) atoms. The summed E-state index contributed by atoms with van der Waals surface area (Å²) < 4.78 is 36.9. The number of nitrogens with two attached hydrogens (primary N) is 1. The maximum atomic E-state index is 12.3. The molecule has 0 heterocycles. The summed E-state index contributed by atoms with van der Waals surface area (Å²) in [4.78, 5) is 0. The highest BCUT2D eigenvalue weighted by Crippen LogP contribution is 2.40. The fourth-order valence-corrected chi connectivity index (χ4v) is 2.02. The third kappa shape index (κ3) is 2.74. The molecule has 0 aliphatic heterocycles. The highest BCUT2D eigenvalue weighted by molar-refractivity contribution is 4.91. The van der Waals surface area contributed by atoms with Crippen molar-refractivity contribution in [3.8, 4) is 0 Å². The van der Waals surface area contributed by atoms with Crippen molar-refractivity contribution in [2.45, 2.75) is 37.9 Å². The first-order chi connectivity index (χ1) is 6.45. The molecule has 1 atom stereocenters. The molecule has 4 heteroatoms. The van der Waals surface area contributed by atoms with Gasteiger partial charge in [-0.15, -0.1) is 6.58 Å². The molecule has 82 valence electrons. The average Bonchev–Trinajstić information content (AvgIpc) is 2.15. The molecule has 0 aromatic rings. The lowest BCUT2D eigenvalue weighted by Crippen LogP contribution is -2.34. The summed E-state index contributed by atoms with van der Waals surface area (Å²) in [5.41, 5.74) is 5.70. The van der Waals surface area contributed by atoms with Crippen molar-refractivity contribution in [3.63, 3.8) is 0 Å². The Morgan fingerprint density at radius 1 is 1.21 bits per heavy atom. The molecule has 2 N–H and O–H groups in total. The largest absolute Gasteiger partial charge is 0.391 e. The van der Waals surface area contributed by atoms with Gasteiger partial charge < -0.3 is 5.73 Å². The maximum Gasteiger partial charge on any atom is 0.391 e. The lowest BCUT2D eigenvalue weighted by molar-refractivity contribution is -0.184. The van der Waals surface area contributed by atoms with Gasteiger partial charge in [-0.1, -0.05) is 6.08 Å². The molecular formula is C10H16F3N. The van der Waals surface area contributed by atoms with Crippen molar-refractivity contribution in [1.82, 2.24) is 0 Å². The predicted octanol–water partition coefficient (Wildman–Crippen LogP) is 2.87. The molecular weight excluding hydrogens is 191 g/mol. The number of alkyl halides is 3. The Hall–Kier alpha value is -0.510. The second kappa shape index (κ2) is 4.34. The van der Waals surface area contributed by atoms with Gasteiger partial charge in [0, 0.05) is 6.04 Å². The zero-order chi connectivity index (χ0) is 10.8. The third-order valence-electron chi connectivity index (χ3n) is 3.05. The molecule has 0 amide bonds. The van der Waals surface area contributed by atoms with Crippen molar-refractivity contribution in [3.05, 3.63) is 12.7 Å². The summed E-state index contributed by atoms with van der Waals surface area (Å²) in [6, 6.07) is -0.149. The molecule has 0 spiro atoms. The Morgan fingerprint density at radius 3 is 2.07 bits per heavy atom. The minimum Gasteiger partial charge on any atom is -0.324 e. The molecule has 1 unspecified atom stereocenters. The van der Waals surface area contributed by atoms with E-state index in [1.165, 1.54) is 0 Å². The van der Waals surface area contributed by atoms with Crippen LogP contribution in [-0.4, -0.2) is 12.2 Å². The Kier molecular flexibility index (Phi) is 3.59. The highest BCUT2D eigenvalue weighted by atomic mass is 19.4. The van der Waals surface area contributed by atoms with E-state index < -0.39 is 12.1 Å². The smallest absolute Gasteiger partial charge is 0.324 e. The van der Waals surface area contributed by atoms with E-state index in [-0.39, 0.29) is 24.8 Å². The van der Waals surface area contributed by atoms with Crippen molar-refractivity contribution in [1.29, 1.82) is 0 Å². The lowest BCUT2D eigenvalue weighted by atomic mass is 9.78. The second-order valence-electron chi connectivity index (χ2n) is 3.97. The first-order valence-corrected chi connectivity index (χ1v) is 4.90. The molecule has 0 radical (unpaired) electrons. The molecule has 1 fully saturated rings. The topological polar surface area (TPSA) is 26.0 Å². The molecule has 1 aliphatic rings. The average molecular weight is 207 g/mol. The SMILES string of the molecule is C=CC(N)C1CCC(C(F)(F)F)CC1. The Bertz CT molecular complexity index is 192. The van der Waals surface area contributed by atoms with Crippen LogP contribution < -0.4 is 5.73 Å². The Balaban J connectivity index is 2.42. The molecule has 1 saturated carbocycles. The van der Waals surface area contributed by atoms with Gasteiger partial charge in [0.25, 0.3) is 0 Å². The van der Waals surface area contributed by atoms with Crippen LogP contribution in [0.5, 0.6) is 0 Å². The maximum absolute atomic E-state index is 12.3. The molecule has 0 aromatic carbocycles. The van der Waals surface area contributed by atoms with E-state index in [0.29, 0.717) is 12.8 Å². The van der Waals surface area contributed by atoms with E-state index in [9.17, 15) is 13.2 Å². The van der Waals surface area contributed by atoms with Gasteiger partial charge in [0.05, 0.1) is 5.92 Å². The minimum atomic E-state index is -4.02. The normalized spacial score (nSPS) is 31.1. The van der Waals surface area contributed by atoms with Gasteiger partial charge in [-0.05, 0) is 31.6 Å². The van der Waals surface area contributed by atoms with Crippen LogP contribution in [0.3, 0.4) is 0 Å². The first kappa shape index (κ1) is 11.6. The quantitative estimate of drug-likeness (QED) is 0.692. The van der Waals surface area contributed by atoms with Crippen LogP contribution in [0.25, 0.3) is 0 Å². The van der Waals surface area contributed by atoms with Gasteiger partial charge in [0.15, 0.2) is 0 Å². The zero-order valence-electron chi connectivity index (χ0n) is 8.06. The highest BCUT2D eigenvalue weighted by Gasteiger charge is 2.41. The molecule has 0 bridgehead atoms. The summed E-state index contributed by atoms with van der Waals surface area (Å²) in [7, 11) is 0. The standard InChI is InChI=1S/C10H16F3N/c1-2-9(14)7-3-5-8(6-4-7)10(11,12)13/h2,7-9H,1,3-6,14H2. The van der Waals surface area contributed by atoms with Crippen LogP contribution in [0.1, 0.15) is 25.7 Å². The zero-order valence-corrected chi connectivity index (χ0v) is 8.06. The van der Waals surface area contributed by atoms with Crippen molar-refractivity contribution in [2.75, 3.05) is 0 Å². The van der Waals surface area contributed by atoms with Crippen LogP contribution in [-0.2, 0) is 0 Å². The minimum absolute atomic E-state index is 0.149. The van der Waals surface area contributed by atoms with E-state index >= 15 is 0 Å². The second-order valence-corrected chi connectivity index (χ2v) is 3.97. The van der Waals surface area contributed by atoms with Crippen LogP contribution >= 0.6 is 0 Å². The van der Waals surface area contributed by atoms with Crippen LogP contribution in [0.2, 0.25) is 0 Å². The number of hydrogen-bond donors (Lipinski definition) is 1. The van der Waals surface area contributed by atoms with Gasteiger partial charge in [-0.2, -0.15) is 13.2 Å². The third-order valence-corrected chi connectivity index (χ3v) is 3.05. The predicted molar refractivity (Wildman–Crippen MR) is 49.7 cm³/mol. The summed E-state index contributed by atoms with van der Waals surface area (Å²) >= 11 is 0. The van der Waals surface area contributed by atoms with E-state index in [1.807, 2.05) is 0 Å². The van der Waals surface area contributed by atoms with E-state index in [4.69, 9.17) is 5.73 Å². The number of hydrogen-bond acceptors (Lipinski definition) is 1. The summed E-state index contributed by atoms with van der Waals surface area (Å²) in [6.07, 6.45) is -0.831. The van der Waals surface area contributed by atoms with E-state index in [1.54, 1.807) is 6.08 Å². The van der Waals surface area contributed by atoms with Gasteiger partial charge in [-0.3, -0.25) is 0 Å². The van der Waals surface area contributed by atoms with Crippen LogP contribution in [0, 0.1) is 11.8 Å². The van der Waals surface area contributed by atoms with Gasteiger partial charge in [0.2, 0.25) is 0 Å². The monoisotopic (exact) mass is 207 g/mol. The van der Waals surface area contributed by atoms with E-state index in [0.717, 1.165) is 0 Å². The summed E-state index contributed by atoms with van der Waals surface area (Å²) in [5.74, 6) is -0.929. The lowest BCUT2D eigenvalue weighted by Gasteiger charge is -2.31. The van der Waals surface area contributed by atoms with Crippen molar-refractivity contribution < 1.29 is 13.2 Å². The fraction of sp³-hybridized carbons (Fsp3) is 0.800. The van der Waals surface area contributed by atoms with Crippen molar-refractivity contribution in [2.24, 2.45) is 17.6 Å². The first-order valence-electron chi connectivity index (χ1n) is 4.90. The number of halogens is 3. The Labute approximate surface area is 82.2 Å². The van der Waals surface area contributed by atoms with Crippen LogP contribution in [0.4, 0.5) is 13.2 Å². The Morgan fingerprint density at radius 2 is 1.71 bits per heavy atom. The molecule has 1 aliphatic carbocycles. The molecule has 0 saturated heterocycles. The summed E-state index contributed by atoms with van der Waals surface area (Å²) in [5, 5.41) is 0. The fourth-order valence-electron chi connectivity index (χ4n) is 2.02. The van der Waals surface area contributed by atoms with Crippen molar-refractivity contribution >= 4 is 0 Å². The van der Waals surface area contributed by atoms with Gasteiger partial charge >= 0.3 is 6.18 Å². The van der Waals surface area contributed by atoms with Gasteiger partial charge in [-0.25, -0.2) is 0 Å². The van der Waals surface area contributed by atoms with E-state index in [2.05, 4.69) is 6.58 Å². The molecule has 0 aromatic heterocycles. The van der Waals surface area contributed by atoms with Gasteiger partial charge in [0.1, 0.15) is 0 Å². The molecule has 1 nitrogen and oxygen atoms in total.